The van der Waals surface area contributed by atoms with Crippen LogP contribution in [0.2, 0.25) is 0 Å². The van der Waals surface area contributed by atoms with Gasteiger partial charge in [0.25, 0.3) is 0 Å². The monoisotopic (exact) mass is 385 g/mol. The summed E-state index contributed by atoms with van der Waals surface area (Å²) in [5.41, 5.74) is 2.38. The van der Waals surface area contributed by atoms with Gasteiger partial charge in [-0.25, -0.2) is 0 Å². The molecular weight excluding hydrogens is 360 g/mol. The molecule has 0 saturated carbocycles. The number of hydrogen-bond donors (Lipinski definition) is 1. The number of hydrogen-bond acceptors (Lipinski definition) is 3. The molecule has 0 amide bonds. The molecule has 0 aliphatic carbocycles. The summed E-state index contributed by atoms with van der Waals surface area (Å²) in [6, 6.07) is 19.3. The Kier molecular flexibility index (Phi) is 5.75. The van der Waals surface area contributed by atoms with E-state index in [1.54, 1.807) is 0 Å². The Morgan fingerprint density at radius 2 is 1.27 bits per heavy atom. The molecule has 0 fully saturated rings. The summed E-state index contributed by atoms with van der Waals surface area (Å²) in [6.45, 7) is 8.83. The summed E-state index contributed by atoms with van der Waals surface area (Å²) in [5, 5.41) is 13.3. The Morgan fingerprint density at radius 1 is 0.808 bits per heavy atom. The Labute approximate surface area is 156 Å². The van der Waals surface area contributed by atoms with E-state index in [1.165, 1.54) is 0 Å². The van der Waals surface area contributed by atoms with Gasteiger partial charge in [-0.15, -0.1) is 0 Å². The molecule has 26 heavy (non-hydrogen) atoms. The predicted octanol–water partition coefficient (Wildman–Crippen LogP) is 3.37. The lowest BCUT2D eigenvalue weighted by Gasteiger charge is -2.26. The second-order valence-electron chi connectivity index (χ2n) is 6.85. The Bertz CT molecular complexity index is 840. The van der Waals surface area contributed by atoms with Gasteiger partial charge in [-0.1, -0.05) is 88.4 Å². The lowest BCUT2D eigenvalue weighted by Crippen LogP contribution is -2.36. The van der Waals surface area contributed by atoms with Crippen molar-refractivity contribution >= 4 is 36.5 Å². The molecule has 0 bridgehead atoms. The highest BCUT2D eigenvalue weighted by Gasteiger charge is 2.38. The molecule has 0 unspecified atom stereocenters. The first-order valence-electron chi connectivity index (χ1n) is 8.87. The summed E-state index contributed by atoms with van der Waals surface area (Å²) < 4.78 is 14.5. The fourth-order valence-electron chi connectivity index (χ4n) is 3.36. The van der Waals surface area contributed by atoms with E-state index in [-0.39, 0.29) is 0 Å². The Morgan fingerprint density at radius 3 is 1.69 bits per heavy atom. The number of rotatable bonds is 6. The SMILES string of the molecule is CC(C)P(c1n[nH]nc1P(=O)(c1ccccc1)c1ccccc1)C(C)C. The van der Waals surface area contributed by atoms with E-state index < -0.39 is 15.1 Å². The van der Waals surface area contributed by atoms with Crippen LogP contribution in [0.15, 0.2) is 60.7 Å². The van der Waals surface area contributed by atoms with Crippen LogP contribution in [0.3, 0.4) is 0 Å². The van der Waals surface area contributed by atoms with E-state index >= 15 is 0 Å². The van der Waals surface area contributed by atoms with Crippen LogP contribution in [-0.4, -0.2) is 26.7 Å². The number of aromatic amines is 1. The zero-order valence-electron chi connectivity index (χ0n) is 15.6. The number of nitrogens with one attached hydrogen (secondary N) is 1. The molecule has 0 spiro atoms. The van der Waals surface area contributed by atoms with Crippen molar-refractivity contribution in [2.45, 2.75) is 39.0 Å². The first-order valence-corrected chi connectivity index (χ1v) is 12.1. The second kappa shape index (κ2) is 7.86. The van der Waals surface area contributed by atoms with Crippen LogP contribution in [0.5, 0.6) is 0 Å². The lowest BCUT2D eigenvalue weighted by atomic mass is 10.4. The fraction of sp³-hybridized carbons (Fsp3) is 0.300. The van der Waals surface area contributed by atoms with E-state index in [2.05, 4.69) is 43.1 Å². The number of aromatic nitrogens is 3. The highest BCUT2D eigenvalue weighted by atomic mass is 31.2. The molecule has 3 rings (SSSR count). The summed E-state index contributed by atoms with van der Waals surface area (Å²) in [7, 11) is -3.67. The Balaban J connectivity index is 2.27. The molecule has 0 atom stereocenters. The molecule has 6 heteroatoms. The van der Waals surface area contributed by atoms with Gasteiger partial charge in [0, 0.05) is 10.6 Å². The van der Waals surface area contributed by atoms with Crippen molar-refractivity contribution < 1.29 is 4.57 Å². The van der Waals surface area contributed by atoms with E-state index in [9.17, 15) is 4.57 Å². The largest absolute Gasteiger partial charge is 0.307 e. The first kappa shape index (κ1) is 19.0. The molecule has 0 saturated heterocycles. The molecule has 4 nitrogen and oxygen atoms in total. The van der Waals surface area contributed by atoms with Crippen LogP contribution in [0.4, 0.5) is 0 Å². The third-order valence-corrected chi connectivity index (χ3v) is 10.6. The maximum absolute atomic E-state index is 14.5. The van der Waals surface area contributed by atoms with Gasteiger partial charge in [0.15, 0.2) is 12.6 Å². The maximum atomic E-state index is 14.5. The minimum Gasteiger partial charge on any atom is -0.307 e. The third-order valence-electron chi connectivity index (χ3n) is 4.41. The molecule has 0 radical (unpaired) electrons. The topological polar surface area (TPSA) is 58.6 Å². The van der Waals surface area contributed by atoms with Gasteiger partial charge in [-0.05, 0) is 19.2 Å². The van der Waals surface area contributed by atoms with E-state index in [4.69, 9.17) is 0 Å². The fourth-order valence-corrected chi connectivity index (χ4v) is 9.23. The zero-order valence-corrected chi connectivity index (χ0v) is 17.4. The highest BCUT2D eigenvalue weighted by Crippen LogP contribution is 2.48. The van der Waals surface area contributed by atoms with Gasteiger partial charge in [-0.3, -0.25) is 0 Å². The van der Waals surface area contributed by atoms with Crippen LogP contribution in [-0.2, 0) is 4.57 Å². The number of nitrogens with zero attached hydrogens (tertiary/aromatic N) is 2. The van der Waals surface area contributed by atoms with Gasteiger partial charge in [-0.2, -0.15) is 15.4 Å². The number of benzene rings is 2. The van der Waals surface area contributed by atoms with Gasteiger partial charge >= 0.3 is 0 Å². The average Bonchev–Trinajstić information content (AvgIpc) is 3.11. The molecule has 3 aromatic rings. The van der Waals surface area contributed by atoms with Crippen molar-refractivity contribution in [2.24, 2.45) is 0 Å². The third kappa shape index (κ3) is 3.41. The van der Waals surface area contributed by atoms with Crippen LogP contribution in [0.25, 0.3) is 0 Å². The smallest absolute Gasteiger partial charge is 0.192 e. The van der Waals surface area contributed by atoms with Crippen LogP contribution in [0.1, 0.15) is 27.7 Å². The van der Waals surface area contributed by atoms with Crippen LogP contribution < -0.4 is 21.5 Å². The number of H-pyrrole nitrogens is 1. The van der Waals surface area contributed by atoms with Gasteiger partial charge < -0.3 is 4.57 Å². The zero-order chi connectivity index (χ0) is 18.7. The quantitative estimate of drug-likeness (QED) is 0.662. The molecule has 1 N–H and O–H groups in total. The summed E-state index contributed by atoms with van der Waals surface area (Å²) in [4.78, 5) is 0. The normalized spacial score (nSPS) is 12.3. The maximum Gasteiger partial charge on any atom is 0.192 e. The van der Waals surface area contributed by atoms with E-state index in [0.717, 1.165) is 16.0 Å². The minimum absolute atomic E-state index is 0.439. The molecule has 0 aliphatic rings. The van der Waals surface area contributed by atoms with Crippen LogP contribution in [0, 0.1) is 0 Å². The van der Waals surface area contributed by atoms with Crippen molar-refractivity contribution in [1.82, 2.24) is 15.4 Å². The first-order chi connectivity index (χ1) is 12.5. The van der Waals surface area contributed by atoms with Crippen molar-refractivity contribution in [3.8, 4) is 0 Å². The second-order valence-corrected chi connectivity index (χ2v) is 12.8. The van der Waals surface area contributed by atoms with Crippen molar-refractivity contribution in [1.29, 1.82) is 0 Å². The van der Waals surface area contributed by atoms with Gasteiger partial charge in [0.05, 0.1) is 0 Å². The van der Waals surface area contributed by atoms with Crippen molar-refractivity contribution in [3.63, 3.8) is 0 Å². The highest BCUT2D eigenvalue weighted by molar-refractivity contribution is 7.86. The molecule has 0 aliphatic heterocycles. The van der Waals surface area contributed by atoms with Crippen molar-refractivity contribution in [3.05, 3.63) is 60.7 Å². The standard InChI is InChI=1S/C20H25N3OP2/c1-15(2)25(16(3)4)19-20(22-23-21-19)26(24,17-11-7-5-8-12-17)18-13-9-6-10-14-18/h5-16H,1-4H3,(H,21,22,23). The van der Waals surface area contributed by atoms with Gasteiger partial charge in [0.1, 0.15) is 5.44 Å². The van der Waals surface area contributed by atoms with E-state index in [0.29, 0.717) is 16.8 Å². The van der Waals surface area contributed by atoms with Crippen molar-refractivity contribution in [2.75, 3.05) is 0 Å². The summed E-state index contributed by atoms with van der Waals surface area (Å²) in [5.74, 6) is 0. The molecule has 136 valence electrons. The molecule has 1 aromatic heterocycles. The summed E-state index contributed by atoms with van der Waals surface area (Å²) in [6.07, 6.45) is 0. The molecular formula is C20H25N3OP2. The minimum atomic E-state index is -3.09. The summed E-state index contributed by atoms with van der Waals surface area (Å²) >= 11 is 0. The molecule has 2 aromatic carbocycles. The Hall–Kier alpha value is -1.76. The predicted molar refractivity (Wildman–Crippen MR) is 113 cm³/mol. The average molecular weight is 385 g/mol. The van der Waals surface area contributed by atoms with Gasteiger partial charge in [0.2, 0.25) is 0 Å². The van der Waals surface area contributed by atoms with E-state index in [1.807, 2.05) is 60.7 Å². The lowest BCUT2D eigenvalue weighted by molar-refractivity contribution is 0.592. The molecule has 1 heterocycles. The van der Waals surface area contributed by atoms with Crippen LogP contribution >= 0.6 is 15.1 Å².